The summed E-state index contributed by atoms with van der Waals surface area (Å²) in [6, 6.07) is 6.81. The van der Waals surface area contributed by atoms with Crippen LogP contribution in [0.4, 0.5) is 0 Å². The van der Waals surface area contributed by atoms with Crippen LogP contribution in [0.3, 0.4) is 0 Å². The number of nitrogens with zero attached hydrogens (tertiary/aromatic N) is 1. The molecule has 1 aliphatic rings. The molecule has 20 heavy (non-hydrogen) atoms. The number of carbonyl (C=O) groups is 2. The number of aliphatic imine (C=N–C) groups is 1. The summed E-state index contributed by atoms with van der Waals surface area (Å²) in [6.45, 7) is 0. The number of methoxy groups -OCH3 is 1. The molecule has 0 spiro atoms. The van der Waals surface area contributed by atoms with Crippen LogP contribution in [0.15, 0.2) is 41.1 Å². The van der Waals surface area contributed by atoms with Gasteiger partial charge in [0.15, 0.2) is 5.78 Å². The number of thioether (sulfide) groups is 1. The van der Waals surface area contributed by atoms with Gasteiger partial charge in [-0.1, -0.05) is 0 Å². The summed E-state index contributed by atoms with van der Waals surface area (Å²) in [4.78, 5) is 26.9. The van der Waals surface area contributed by atoms with Gasteiger partial charge >= 0.3 is 0 Å². The maximum atomic E-state index is 12.0. The van der Waals surface area contributed by atoms with Crippen LogP contribution in [0.5, 0.6) is 5.75 Å². The molecule has 0 aliphatic carbocycles. The summed E-state index contributed by atoms with van der Waals surface area (Å²) in [6.07, 6.45) is 1.28. The van der Waals surface area contributed by atoms with Gasteiger partial charge in [-0.05, 0) is 24.3 Å². The lowest BCUT2D eigenvalue weighted by atomic mass is 10.1. The van der Waals surface area contributed by atoms with Crippen LogP contribution in [0.1, 0.15) is 16.8 Å². The Bertz CT molecular complexity index is 590. The van der Waals surface area contributed by atoms with E-state index in [-0.39, 0.29) is 23.7 Å². The highest BCUT2D eigenvalue weighted by Gasteiger charge is 2.15. The number of carbonyl (C=O) groups excluding carboxylic acids is 2. The number of aliphatic hydroxyl groups excluding tert-OH is 1. The minimum Gasteiger partial charge on any atom is -0.512 e. The van der Waals surface area contributed by atoms with Crippen LogP contribution in [0.25, 0.3) is 0 Å². The van der Waals surface area contributed by atoms with Gasteiger partial charge in [0.2, 0.25) is 0 Å². The minimum atomic E-state index is -0.492. The maximum Gasteiger partial charge on any atom is 0.273 e. The molecule has 0 radical (unpaired) electrons. The van der Waals surface area contributed by atoms with E-state index < -0.39 is 5.91 Å². The van der Waals surface area contributed by atoms with E-state index in [1.165, 1.54) is 11.8 Å². The average molecular weight is 291 g/mol. The van der Waals surface area contributed by atoms with Gasteiger partial charge in [0.05, 0.1) is 24.3 Å². The Balaban J connectivity index is 1.93. The second kappa shape index (κ2) is 6.38. The zero-order valence-electron chi connectivity index (χ0n) is 10.8. The van der Waals surface area contributed by atoms with E-state index in [1.807, 2.05) is 0 Å². The fraction of sp³-hybridized carbons (Fsp3) is 0.214. The van der Waals surface area contributed by atoms with E-state index >= 15 is 0 Å². The van der Waals surface area contributed by atoms with E-state index in [0.717, 1.165) is 6.08 Å². The Hall–Kier alpha value is -2.08. The van der Waals surface area contributed by atoms with Crippen LogP contribution < -0.4 is 4.74 Å². The Kier molecular flexibility index (Phi) is 4.57. The molecule has 0 bridgehead atoms. The molecule has 0 saturated heterocycles. The Morgan fingerprint density at radius 1 is 1.40 bits per heavy atom. The van der Waals surface area contributed by atoms with Gasteiger partial charge in [-0.25, -0.2) is 4.99 Å². The fourth-order valence-electron chi connectivity index (χ4n) is 1.64. The summed E-state index contributed by atoms with van der Waals surface area (Å²) < 4.78 is 5.02. The average Bonchev–Trinajstić information content (AvgIpc) is 2.44. The molecule has 1 amide bonds. The third kappa shape index (κ3) is 3.71. The molecule has 0 fully saturated rings. The number of amides is 1. The third-order valence-electron chi connectivity index (χ3n) is 2.64. The van der Waals surface area contributed by atoms with Crippen molar-refractivity contribution in [3.8, 4) is 5.75 Å². The Morgan fingerprint density at radius 2 is 2.10 bits per heavy atom. The smallest absolute Gasteiger partial charge is 0.273 e. The lowest BCUT2D eigenvalue weighted by molar-refractivity contribution is -0.113. The van der Waals surface area contributed by atoms with Gasteiger partial charge in [-0.3, -0.25) is 9.59 Å². The van der Waals surface area contributed by atoms with Crippen molar-refractivity contribution < 1.29 is 19.4 Å². The van der Waals surface area contributed by atoms with Crippen molar-refractivity contribution in [2.45, 2.75) is 6.42 Å². The largest absolute Gasteiger partial charge is 0.512 e. The zero-order chi connectivity index (χ0) is 14.5. The predicted octanol–water partition coefficient (Wildman–Crippen LogP) is 2.38. The molecule has 6 heteroatoms. The van der Waals surface area contributed by atoms with Crippen LogP contribution in [-0.4, -0.2) is 34.7 Å². The van der Waals surface area contributed by atoms with E-state index in [1.54, 1.807) is 31.4 Å². The molecule has 0 unspecified atom stereocenters. The van der Waals surface area contributed by atoms with E-state index in [2.05, 4.69) is 4.99 Å². The number of allylic oxidation sites excluding steroid dienone is 1. The molecular weight excluding hydrogens is 278 g/mol. The van der Waals surface area contributed by atoms with Gasteiger partial charge < -0.3 is 9.84 Å². The third-order valence-corrected chi connectivity index (χ3v) is 3.61. The van der Waals surface area contributed by atoms with Crippen molar-refractivity contribution in [2.75, 3.05) is 12.9 Å². The lowest BCUT2D eigenvalue weighted by Gasteiger charge is -2.08. The molecule has 1 aromatic rings. The molecular formula is C14H13NO4S. The van der Waals surface area contributed by atoms with Crippen molar-refractivity contribution >= 4 is 28.5 Å². The Labute approximate surface area is 120 Å². The summed E-state index contributed by atoms with van der Waals surface area (Å²) in [5, 5.41) is 9.79. The minimum absolute atomic E-state index is 0.0237. The van der Waals surface area contributed by atoms with Crippen LogP contribution in [0.2, 0.25) is 0 Å². The van der Waals surface area contributed by atoms with Gasteiger partial charge in [0.25, 0.3) is 5.91 Å². The number of aliphatic hydroxyl groups is 1. The van der Waals surface area contributed by atoms with E-state index in [4.69, 9.17) is 4.74 Å². The van der Waals surface area contributed by atoms with Crippen molar-refractivity contribution in [3.63, 3.8) is 0 Å². The summed E-state index contributed by atoms with van der Waals surface area (Å²) in [7, 11) is 1.56. The molecule has 1 aromatic carbocycles. The van der Waals surface area contributed by atoms with Crippen molar-refractivity contribution in [1.82, 2.24) is 0 Å². The first kappa shape index (κ1) is 14.3. The molecule has 2 rings (SSSR count). The topological polar surface area (TPSA) is 76.0 Å². The molecule has 5 nitrogen and oxygen atoms in total. The van der Waals surface area contributed by atoms with Crippen molar-refractivity contribution in [1.29, 1.82) is 0 Å². The van der Waals surface area contributed by atoms with Gasteiger partial charge in [0.1, 0.15) is 11.5 Å². The second-order valence-electron chi connectivity index (χ2n) is 4.10. The number of Topliss-reactive ketones (excluding diaryl/α,β-unsaturated/α-hetero) is 1. The molecule has 0 atom stereocenters. The fourth-order valence-corrected chi connectivity index (χ4v) is 2.50. The summed E-state index contributed by atoms with van der Waals surface area (Å²) in [5.41, 5.74) is 0.570. The lowest BCUT2D eigenvalue weighted by Crippen LogP contribution is -2.10. The van der Waals surface area contributed by atoms with Crippen molar-refractivity contribution in [2.24, 2.45) is 4.99 Å². The highest BCUT2D eigenvalue weighted by atomic mass is 32.2. The first-order valence-electron chi connectivity index (χ1n) is 5.89. The van der Waals surface area contributed by atoms with Crippen molar-refractivity contribution in [3.05, 3.63) is 41.7 Å². The van der Waals surface area contributed by atoms with Crippen LogP contribution >= 0.6 is 11.8 Å². The summed E-state index contributed by atoms with van der Waals surface area (Å²) >= 11 is 1.17. The number of hydrogen-bond donors (Lipinski definition) is 1. The highest BCUT2D eigenvalue weighted by molar-refractivity contribution is 8.14. The first-order chi connectivity index (χ1) is 9.58. The molecule has 104 valence electrons. The molecule has 0 saturated carbocycles. The number of rotatable bonds is 4. The van der Waals surface area contributed by atoms with Crippen LogP contribution in [-0.2, 0) is 4.79 Å². The monoisotopic (exact) mass is 291 g/mol. The van der Waals surface area contributed by atoms with Crippen LogP contribution in [0, 0.1) is 0 Å². The van der Waals surface area contributed by atoms with Gasteiger partial charge in [-0.15, -0.1) is 11.8 Å². The standard InChI is InChI=1S/C14H13NO4S/c1-19-11-4-2-9(3-5-11)12(17)8-20-14-7-10(16)6-13(18)15-14/h2-6,16H,7-8H2,1H3. The van der Waals surface area contributed by atoms with Gasteiger partial charge in [-0.2, -0.15) is 0 Å². The van der Waals surface area contributed by atoms with E-state index in [0.29, 0.717) is 16.4 Å². The van der Waals surface area contributed by atoms with E-state index in [9.17, 15) is 14.7 Å². The SMILES string of the molecule is COc1ccc(C(=O)CSC2=NC(=O)C=C(O)C2)cc1. The molecule has 1 aliphatic heterocycles. The number of ketones is 1. The number of hydrogen-bond acceptors (Lipinski definition) is 5. The highest BCUT2D eigenvalue weighted by Crippen LogP contribution is 2.19. The zero-order valence-corrected chi connectivity index (χ0v) is 11.6. The van der Waals surface area contributed by atoms with Gasteiger partial charge in [0, 0.05) is 11.6 Å². The molecule has 1 heterocycles. The number of benzene rings is 1. The second-order valence-corrected chi connectivity index (χ2v) is 5.15. The normalized spacial score (nSPS) is 14.6. The maximum absolute atomic E-state index is 12.0. The molecule has 1 N–H and O–H groups in total. The summed E-state index contributed by atoms with van der Waals surface area (Å²) in [5.74, 6) is 0.275. The Morgan fingerprint density at radius 3 is 2.70 bits per heavy atom. The quantitative estimate of drug-likeness (QED) is 0.862. The number of dihydropyridines is 1. The number of ether oxygens (including phenoxy) is 1. The predicted molar refractivity (Wildman–Crippen MR) is 77.6 cm³/mol. The molecule has 0 aromatic heterocycles. The first-order valence-corrected chi connectivity index (χ1v) is 6.88.